The van der Waals surface area contributed by atoms with Crippen LogP contribution < -0.4 is 11.1 Å². The summed E-state index contributed by atoms with van der Waals surface area (Å²) in [5.74, 6) is -2.16. The van der Waals surface area contributed by atoms with Crippen molar-refractivity contribution in [3.05, 3.63) is 59.0 Å². The number of hydrogen-bond acceptors (Lipinski definition) is 9. The van der Waals surface area contributed by atoms with E-state index in [1.54, 1.807) is 13.8 Å². The molecule has 0 radical (unpaired) electrons. The van der Waals surface area contributed by atoms with Crippen LogP contribution in [-0.4, -0.2) is 44.5 Å². The van der Waals surface area contributed by atoms with E-state index in [0.717, 1.165) is 23.5 Å². The highest BCUT2D eigenvalue weighted by atomic mass is 32.1. The molecule has 0 aliphatic carbocycles. The van der Waals surface area contributed by atoms with E-state index in [9.17, 15) is 23.8 Å². The summed E-state index contributed by atoms with van der Waals surface area (Å²) in [6.07, 6.45) is 2.67. The summed E-state index contributed by atoms with van der Waals surface area (Å²) in [5, 5.41) is 26.5. The van der Waals surface area contributed by atoms with Crippen LogP contribution in [0.25, 0.3) is 10.4 Å². The van der Waals surface area contributed by atoms with E-state index < -0.39 is 28.7 Å². The lowest BCUT2D eigenvalue weighted by Gasteiger charge is -2.18. The van der Waals surface area contributed by atoms with Crippen LogP contribution in [-0.2, 0) is 10.4 Å². The number of hydrogen-bond donors (Lipinski definition) is 4. The van der Waals surface area contributed by atoms with Gasteiger partial charge in [-0.15, -0.1) is 11.3 Å². The molecule has 0 unspecified atom stereocenters. The number of carbonyl (C=O) groups is 1. The average Bonchev–Trinajstić information content (AvgIpc) is 3.13. The third kappa shape index (κ3) is 6.78. The summed E-state index contributed by atoms with van der Waals surface area (Å²) >= 11 is 0.907. The number of nitrogens with zero attached hydrogens (tertiary/aromatic N) is 3. The van der Waals surface area contributed by atoms with Crippen LogP contribution in [0, 0.1) is 11.6 Å². The van der Waals surface area contributed by atoms with Gasteiger partial charge in [-0.1, -0.05) is 5.16 Å². The molecule has 186 valence electrons. The third-order valence-corrected chi connectivity index (χ3v) is 5.64. The average molecular weight is 506 g/mol. The van der Waals surface area contributed by atoms with Crippen molar-refractivity contribution < 1.29 is 28.6 Å². The number of nitrogens with one attached hydrogen (secondary N) is 1. The molecule has 2 heterocycles. The molecule has 35 heavy (non-hydrogen) atoms. The van der Waals surface area contributed by atoms with E-state index in [0.29, 0.717) is 0 Å². The number of carbonyl (C=O) groups excluding carboxylic acids is 1. The Morgan fingerprint density at radius 2 is 1.89 bits per heavy atom. The number of thiophene rings is 1. The normalized spacial score (nSPS) is 12.2. The predicted molar refractivity (Wildman–Crippen MR) is 129 cm³/mol. The molecule has 0 spiro atoms. The van der Waals surface area contributed by atoms with Gasteiger partial charge in [0.05, 0.1) is 22.3 Å². The molecule has 0 saturated heterocycles. The van der Waals surface area contributed by atoms with Gasteiger partial charge in [0.15, 0.2) is 5.82 Å². The molecule has 0 aliphatic heterocycles. The summed E-state index contributed by atoms with van der Waals surface area (Å²) < 4.78 is 29.7. The first-order valence-electron chi connectivity index (χ1n) is 10.4. The van der Waals surface area contributed by atoms with Crippen LogP contribution in [0.4, 0.5) is 19.6 Å². The SMILES string of the molecule is CC(C)(O)CON=Cc1nccc(Nc2sc(-c3c(F)cc(C(C)(C)O)cc3F)cc2C(N)=O)n1. The molecule has 1 amide bonds. The van der Waals surface area contributed by atoms with E-state index in [2.05, 4.69) is 20.4 Å². The Labute approximate surface area is 204 Å². The van der Waals surface area contributed by atoms with Gasteiger partial charge >= 0.3 is 0 Å². The van der Waals surface area contributed by atoms with Crippen molar-refractivity contribution in [1.82, 2.24) is 9.97 Å². The second-order valence-electron chi connectivity index (χ2n) is 8.84. The Hall–Kier alpha value is -3.48. The zero-order valence-corrected chi connectivity index (χ0v) is 20.3. The highest BCUT2D eigenvalue weighted by molar-refractivity contribution is 7.20. The number of primary amides is 1. The maximum Gasteiger partial charge on any atom is 0.251 e. The number of rotatable bonds is 9. The van der Waals surface area contributed by atoms with Crippen LogP contribution in [0.5, 0.6) is 0 Å². The van der Waals surface area contributed by atoms with Crippen molar-refractivity contribution in [3.63, 3.8) is 0 Å². The van der Waals surface area contributed by atoms with Crippen molar-refractivity contribution in [3.8, 4) is 10.4 Å². The summed E-state index contributed by atoms with van der Waals surface area (Å²) in [7, 11) is 0. The van der Waals surface area contributed by atoms with Crippen LogP contribution in [0.3, 0.4) is 0 Å². The molecule has 3 aromatic rings. The van der Waals surface area contributed by atoms with Crippen molar-refractivity contribution >= 4 is 34.3 Å². The highest BCUT2D eigenvalue weighted by Crippen LogP contribution is 2.40. The summed E-state index contributed by atoms with van der Waals surface area (Å²) in [4.78, 5) is 25.4. The number of amides is 1. The van der Waals surface area contributed by atoms with Gasteiger partial charge in [-0.2, -0.15) is 0 Å². The van der Waals surface area contributed by atoms with Gasteiger partial charge < -0.3 is 26.1 Å². The molecule has 9 nitrogen and oxygen atoms in total. The minimum absolute atomic E-state index is 0.0118. The van der Waals surface area contributed by atoms with Gasteiger partial charge in [0.25, 0.3) is 5.91 Å². The molecule has 0 bridgehead atoms. The van der Waals surface area contributed by atoms with Crippen LogP contribution >= 0.6 is 11.3 Å². The number of aromatic nitrogens is 2. The molecule has 0 atom stereocenters. The maximum atomic E-state index is 14.8. The number of nitrogens with two attached hydrogens (primary N) is 1. The predicted octanol–water partition coefficient (Wildman–Crippen LogP) is 3.67. The number of oxime groups is 1. The molecule has 5 N–H and O–H groups in total. The van der Waals surface area contributed by atoms with E-state index in [-0.39, 0.29) is 44.8 Å². The Bertz CT molecular complexity index is 1240. The van der Waals surface area contributed by atoms with Crippen LogP contribution in [0.15, 0.2) is 35.6 Å². The van der Waals surface area contributed by atoms with Crippen molar-refractivity contribution in [1.29, 1.82) is 0 Å². The Morgan fingerprint density at radius 3 is 2.46 bits per heavy atom. The van der Waals surface area contributed by atoms with Gasteiger partial charge in [0, 0.05) is 11.1 Å². The van der Waals surface area contributed by atoms with Gasteiger partial charge in [-0.25, -0.2) is 18.7 Å². The minimum atomic E-state index is -1.44. The molecular weight excluding hydrogens is 480 g/mol. The van der Waals surface area contributed by atoms with E-state index >= 15 is 0 Å². The van der Waals surface area contributed by atoms with Gasteiger partial charge in [-0.3, -0.25) is 4.79 Å². The molecule has 2 aromatic heterocycles. The van der Waals surface area contributed by atoms with Crippen molar-refractivity contribution in [2.24, 2.45) is 10.9 Å². The first-order valence-corrected chi connectivity index (χ1v) is 11.2. The molecule has 0 fully saturated rings. The molecule has 3 rings (SSSR count). The first kappa shape index (κ1) is 26.1. The Balaban J connectivity index is 1.90. The molecule has 12 heteroatoms. The van der Waals surface area contributed by atoms with E-state index in [4.69, 9.17) is 10.6 Å². The van der Waals surface area contributed by atoms with Gasteiger partial charge in [0.1, 0.15) is 35.3 Å². The minimum Gasteiger partial charge on any atom is -0.393 e. The summed E-state index contributed by atoms with van der Waals surface area (Å²) in [6, 6.07) is 4.89. The van der Waals surface area contributed by atoms with Gasteiger partial charge in [0.2, 0.25) is 0 Å². The smallest absolute Gasteiger partial charge is 0.251 e. The largest absolute Gasteiger partial charge is 0.393 e. The Kier molecular flexibility index (Phi) is 7.48. The highest BCUT2D eigenvalue weighted by Gasteiger charge is 2.24. The second kappa shape index (κ2) is 10.0. The van der Waals surface area contributed by atoms with Crippen molar-refractivity contribution in [2.45, 2.75) is 38.9 Å². The first-order chi connectivity index (χ1) is 16.2. The standard InChI is InChI=1S/C23H25F2N5O4S/c1-22(2,32)11-34-28-10-18-27-6-5-17(29-18)30-21-13(20(26)31)9-16(35-21)19-14(24)7-12(8-15(19)25)23(3,4)33/h5-10,32-33H,11H2,1-4H3,(H2,26,31)(H,27,29,30). The second-order valence-corrected chi connectivity index (χ2v) is 9.89. The van der Waals surface area contributed by atoms with E-state index in [1.807, 2.05) is 0 Å². The van der Waals surface area contributed by atoms with Crippen molar-refractivity contribution in [2.75, 3.05) is 11.9 Å². The fourth-order valence-corrected chi connectivity index (χ4v) is 3.97. The van der Waals surface area contributed by atoms with Gasteiger partial charge in [-0.05, 0) is 57.5 Å². The fourth-order valence-electron chi connectivity index (χ4n) is 2.85. The monoisotopic (exact) mass is 505 g/mol. The zero-order valence-electron chi connectivity index (χ0n) is 19.5. The number of halogens is 2. The van der Waals surface area contributed by atoms with Crippen LogP contribution in [0.1, 0.15) is 49.4 Å². The molecular formula is C23H25F2N5O4S. The lowest BCUT2D eigenvalue weighted by Crippen LogP contribution is -2.24. The quantitative estimate of drug-likeness (QED) is 0.257. The third-order valence-electron chi connectivity index (χ3n) is 4.57. The van der Waals surface area contributed by atoms with Crippen LogP contribution in [0.2, 0.25) is 0 Å². The molecule has 0 aliphatic rings. The lowest BCUT2D eigenvalue weighted by atomic mass is 9.96. The molecule has 0 saturated carbocycles. The molecule has 1 aromatic carbocycles. The zero-order chi connectivity index (χ0) is 26.0. The lowest BCUT2D eigenvalue weighted by molar-refractivity contribution is -0.0185. The summed E-state index contributed by atoms with van der Waals surface area (Å²) in [5.41, 5.74) is 2.72. The number of anilines is 2. The number of aliphatic hydroxyl groups is 2. The summed E-state index contributed by atoms with van der Waals surface area (Å²) in [6.45, 7) is 5.92. The topological polar surface area (TPSA) is 143 Å². The Morgan fingerprint density at radius 1 is 1.23 bits per heavy atom. The van der Waals surface area contributed by atoms with E-state index in [1.165, 1.54) is 38.4 Å². The number of benzene rings is 1. The maximum absolute atomic E-state index is 14.8. The fraction of sp³-hybridized carbons (Fsp3) is 0.304.